The monoisotopic (exact) mass is 201 g/mol. The molecular formula is C11H11N3O. The van der Waals surface area contributed by atoms with Gasteiger partial charge in [0, 0.05) is 11.8 Å². The van der Waals surface area contributed by atoms with Gasteiger partial charge in [-0.2, -0.15) is 0 Å². The number of hydrogen-bond acceptors (Lipinski definition) is 3. The van der Waals surface area contributed by atoms with Gasteiger partial charge in [0.25, 0.3) is 0 Å². The smallest absolute Gasteiger partial charge is 0.246 e. The average Bonchev–Trinajstić information content (AvgIpc) is 2.47. The van der Waals surface area contributed by atoms with Gasteiger partial charge in [0.15, 0.2) is 0 Å². The molecule has 4 heteroatoms. The lowest BCUT2D eigenvalue weighted by molar-refractivity contribution is -0.125. The van der Waals surface area contributed by atoms with Crippen molar-refractivity contribution in [2.24, 2.45) is 10.9 Å². The summed E-state index contributed by atoms with van der Waals surface area (Å²) in [6.45, 7) is 0. The lowest BCUT2D eigenvalue weighted by Gasteiger charge is -2.30. The molecule has 2 heterocycles. The zero-order valence-corrected chi connectivity index (χ0v) is 8.16. The van der Waals surface area contributed by atoms with Gasteiger partial charge in [-0.25, -0.2) is 0 Å². The molecule has 0 aromatic heterocycles. The Labute approximate surface area is 87.4 Å². The number of carbonyl (C=O) groups excluding carboxylic acids is 1. The zero-order valence-electron chi connectivity index (χ0n) is 8.16. The Morgan fingerprint density at radius 1 is 1.40 bits per heavy atom. The van der Waals surface area contributed by atoms with Gasteiger partial charge in [-0.15, -0.1) is 0 Å². The summed E-state index contributed by atoms with van der Waals surface area (Å²) < 4.78 is 0. The topological polar surface area (TPSA) is 53.5 Å². The minimum atomic E-state index is -0.0406. The summed E-state index contributed by atoms with van der Waals surface area (Å²) in [6.07, 6.45) is 9.47. The van der Waals surface area contributed by atoms with Gasteiger partial charge in [-0.3, -0.25) is 20.6 Å². The molecule has 0 saturated carbocycles. The fraction of sp³-hybridized carbons (Fsp3) is 0.273. The third kappa shape index (κ3) is 1.21. The van der Waals surface area contributed by atoms with Gasteiger partial charge in [-0.1, -0.05) is 6.08 Å². The van der Waals surface area contributed by atoms with E-state index in [2.05, 4.69) is 21.9 Å². The fourth-order valence-electron chi connectivity index (χ4n) is 2.21. The summed E-state index contributed by atoms with van der Waals surface area (Å²) in [5.41, 5.74) is 8.53. The van der Waals surface area contributed by atoms with Crippen LogP contribution in [-0.2, 0) is 4.79 Å². The average molecular weight is 201 g/mol. The Morgan fingerprint density at radius 3 is 3.27 bits per heavy atom. The highest BCUT2D eigenvalue weighted by atomic mass is 16.2. The maximum Gasteiger partial charge on any atom is 0.246 e. The number of rotatable bonds is 0. The van der Waals surface area contributed by atoms with Crippen LogP contribution in [0, 0.1) is 5.92 Å². The second-order valence-electron chi connectivity index (χ2n) is 3.80. The van der Waals surface area contributed by atoms with Crippen LogP contribution in [0.4, 0.5) is 0 Å². The van der Waals surface area contributed by atoms with Crippen molar-refractivity contribution in [1.29, 1.82) is 0 Å². The number of allylic oxidation sites excluding steroid dienone is 4. The number of nitrogens with one attached hydrogen (secondary N) is 2. The minimum absolute atomic E-state index is 0.0406. The molecule has 0 radical (unpaired) electrons. The maximum atomic E-state index is 11.7. The number of nitrogens with zero attached hydrogens (tertiary/aromatic N) is 1. The Balaban J connectivity index is 2.19. The first-order valence-corrected chi connectivity index (χ1v) is 5.07. The van der Waals surface area contributed by atoms with E-state index in [9.17, 15) is 4.79 Å². The SMILES string of the molecule is O=C1NNC2=C3C(=CCCC13)N=CC=C2. The van der Waals surface area contributed by atoms with Crippen LogP contribution in [0.15, 0.2) is 40.2 Å². The number of amides is 1. The summed E-state index contributed by atoms with van der Waals surface area (Å²) >= 11 is 0. The van der Waals surface area contributed by atoms with E-state index in [1.54, 1.807) is 6.21 Å². The molecule has 1 amide bonds. The lowest BCUT2D eigenvalue weighted by atomic mass is 9.84. The van der Waals surface area contributed by atoms with Crippen molar-refractivity contribution in [2.75, 3.05) is 0 Å². The van der Waals surface area contributed by atoms with Crippen LogP contribution < -0.4 is 10.9 Å². The molecule has 0 aromatic rings. The van der Waals surface area contributed by atoms with Crippen LogP contribution in [0.5, 0.6) is 0 Å². The largest absolute Gasteiger partial charge is 0.298 e. The molecule has 0 bridgehead atoms. The number of hydrogen-bond donors (Lipinski definition) is 2. The molecule has 4 nitrogen and oxygen atoms in total. The second-order valence-corrected chi connectivity index (χ2v) is 3.80. The van der Waals surface area contributed by atoms with Crippen LogP contribution in [0.3, 0.4) is 0 Å². The van der Waals surface area contributed by atoms with Crippen LogP contribution in [0.1, 0.15) is 12.8 Å². The molecule has 0 spiro atoms. The molecule has 76 valence electrons. The van der Waals surface area contributed by atoms with Crippen LogP contribution in [-0.4, -0.2) is 12.1 Å². The Hall–Kier alpha value is -1.84. The lowest BCUT2D eigenvalue weighted by Crippen LogP contribution is -2.47. The minimum Gasteiger partial charge on any atom is -0.298 e. The van der Waals surface area contributed by atoms with Gasteiger partial charge in [0.2, 0.25) is 5.91 Å². The molecule has 15 heavy (non-hydrogen) atoms. The van der Waals surface area contributed by atoms with E-state index in [1.807, 2.05) is 12.2 Å². The molecule has 1 unspecified atom stereocenters. The zero-order chi connectivity index (χ0) is 10.3. The molecule has 1 atom stereocenters. The highest BCUT2D eigenvalue weighted by molar-refractivity contribution is 5.86. The van der Waals surface area contributed by atoms with E-state index in [-0.39, 0.29) is 11.8 Å². The summed E-state index contributed by atoms with van der Waals surface area (Å²) in [7, 11) is 0. The standard InChI is InChI=1S/C11H11N3O/c15-11-7-3-1-4-8-10(7)9(13-14-11)5-2-6-12-8/h2,4-7,13H,1,3H2,(H,14,15). The fourth-order valence-corrected chi connectivity index (χ4v) is 2.21. The van der Waals surface area contributed by atoms with E-state index >= 15 is 0 Å². The van der Waals surface area contributed by atoms with Gasteiger partial charge in [0.1, 0.15) is 0 Å². The molecule has 0 aromatic carbocycles. The highest BCUT2D eigenvalue weighted by Crippen LogP contribution is 2.35. The van der Waals surface area contributed by atoms with E-state index in [0.717, 1.165) is 29.8 Å². The number of hydrazine groups is 1. The van der Waals surface area contributed by atoms with Gasteiger partial charge >= 0.3 is 0 Å². The first-order valence-electron chi connectivity index (χ1n) is 5.07. The van der Waals surface area contributed by atoms with Gasteiger partial charge < -0.3 is 0 Å². The molecule has 0 fully saturated rings. The second kappa shape index (κ2) is 3.08. The summed E-state index contributed by atoms with van der Waals surface area (Å²) in [5, 5.41) is 0. The molecule has 3 rings (SSSR count). The Bertz CT molecular complexity index is 443. The predicted octanol–water partition coefficient (Wildman–Crippen LogP) is 0.809. The van der Waals surface area contributed by atoms with Gasteiger partial charge in [0.05, 0.1) is 17.3 Å². The van der Waals surface area contributed by atoms with Crippen molar-refractivity contribution in [1.82, 2.24) is 10.9 Å². The van der Waals surface area contributed by atoms with Crippen LogP contribution >= 0.6 is 0 Å². The third-order valence-corrected chi connectivity index (χ3v) is 2.91. The molecule has 2 aliphatic heterocycles. The van der Waals surface area contributed by atoms with E-state index in [4.69, 9.17) is 0 Å². The van der Waals surface area contributed by atoms with Crippen LogP contribution in [0.2, 0.25) is 0 Å². The first-order chi connectivity index (χ1) is 7.36. The quantitative estimate of drug-likeness (QED) is 0.609. The van der Waals surface area contributed by atoms with Crippen molar-refractivity contribution in [3.8, 4) is 0 Å². The van der Waals surface area contributed by atoms with Crippen molar-refractivity contribution < 1.29 is 4.79 Å². The normalized spacial score (nSPS) is 27.6. The van der Waals surface area contributed by atoms with Crippen LogP contribution in [0.25, 0.3) is 0 Å². The number of aliphatic imine (C=N–C) groups is 1. The predicted molar refractivity (Wildman–Crippen MR) is 56.7 cm³/mol. The summed E-state index contributed by atoms with van der Waals surface area (Å²) in [5.74, 6) is 0.00556. The first kappa shape index (κ1) is 8.47. The van der Waals surface area contributed by atoms with E-state index in [1.165, 1.54) is 0 Å². The summed E-state index contributed by atoms with van der Waals surface area (Å²) in [6, 6.07) is 0. The molecular weight excluding hydrogens is 190 g/mol. The summed E-state index contributed by atoms with van der Waals surface area (Å²) in [4.78, 5) is 16.0. The molecule has 2 N–H and O–H groups in total. The molecule has 3 aliphatic rings. The Morgan fingerprint density at radius 2 is 2.33 bits per heavy atom. The van der Waals surface area contributed by atoms with E-state index in [0.29, 0.717) is 0 Å². The highest BCUT2D eigenvalue weighted by Gasteiger charge is 2.33. The molecule has 0 saturated heterocycles. The van der Waals surface area contributed by atoms with Gasteiger partial charge in [-0.05, 0) is 25.0 Å². The molecule has 1 aliphatic carbocycles. The van der Waals surface area contributed by atoms with E-state index < -0.39 is 0 Å². The maximum absolute atomic E-state index is 11.7. The number of carbonyl (C=O) groups is 1. The van der Waals surface area contributed by atoms with Crippen molar-refractivity contribution >= 4 is 12.1 Å². The van der Waals surface area contributed by atoms with Crippen molar-refractivity contribution in [3.05, 3.63) is 35.2 Å². The third-order valence-electron chi connectivity index (χ3n) is 2.91. The van der Waals surface area contributed by atoms with Crippen molar-refractivity contribution in [2.45, 2.75) is 12.8 Å². The Kier molecular flexibility index (Phi) is 1.74. The van der Waals surface area contributed by atoms with Crippen molar-refractivity contribution in [3.63, 3.8) is 0 Å².